The molecule has 0 saturated heterocycles. The summed E-state index contributed by atoms with van der Waals surface area (Å²) in [4.78, 5) is 0. The quantitative estimate of drug-likeness (QED) is 0.194. The molecule has 2 unspecified atom stereocenters. The maximum atomic E-state index is 10.8. The smallest absolute Gasteiger partial charge is 0.748 e. The first-order valence-electron chi connectivity index (χ1n) is 11.0. The van der Waals surface area contributed by atoms with E-state index in [4.69, 9.17) is 0 Å². The summed E-state index contributed by atoms with van der Waals surface area (Å²) in [5.41, 5.74) is 0. The van der Waals surface area contributed by atoms with Crippen molar-refractivity contribution in [1.82, 2.24) is 0 Å². The van der Waals surface area contributed by atoms with Crippen LogP contribution in [0.25, 0.3) is 0 Å². The molecule has 0 amide bonds. The standard InChI is InChI=1S/C21H44O4S.K/c1-3-4-14-18-21(22)19-16-13-11-9-7-5-6-8-10-12-15-17-20(2)26(23,24)25;/h20-22H,3-19H2,1-2H3,(H,23,24,25);/q;+1/p-1. The summed E-state index contributed by atoms with van der Waals surface area (Å²) in [6, 6.07) is 0. The van der Waals surface area contributed by atoms with E-state index >= 15 is 0 Å². The largest absolute Gasteiger partial charge is 1.00 e. The average molecular weight is 431 g/mol. The Hall–Kier alpha value is 1.51. The number of unbranched alkanes of at least 4 members (excludes halogenated alkanes) is 12. The molecule has 0 fully saturated rings. The summed E-state index contributed by atoms with van der Waals surface area (Å²) in [6.45, 7) is 3.70. The summed E-state index contributed by atoms with van der Waals surface area (Å²) in [5.74, 6) is 0. The third-order valence-corrected chi connectivity index (χ3v) is 6.50. The van der Waals surface area contributed by atoms with Gasteiger partial charge >= 0.3 is 51.4 Å². The van der Waals surface area contributed by atoms with Crippen LogP contribution >= 0.6 is 0 Å². The molecule has 6 heteroatoms. The number of rotatable bonds is 19. The molecule has 158 valence electrons. The molecular formula is C21H43KO4S. The molecule has 0 spiro atoms. The molecule has 27 heavy (non-hydrogen) atoms. The monoisotopic (exact) mass is 430 g/mol. The van der Waals surface area contributed by atoms with Gasteiger partial charge in [0.15, 0.2) is 0 Å². The van der Waals surface area contributed by atoms with E-state index in [0.29, 0.717) is 6.42 Å². The van der Waals surface area contributed by atoms with Gasteiger partial charge < -0.3 is 9.66 Å². The predicted molar refractivity (Wildman–Crippen MR) is 109 cm³/mol. The van der Waals surface area contributed by atoms with E-state index in [-0.39, 0.29) is 57.5 Å². The minimum absolute atomic E-state index is 0. The molecule has 0 heterocycles. The molecule has 0 saturated carbocycles. The van der Waals surface area contributed by atoms with Gasteiger partial charge in [0.05, 0.1) is 16.2 Å². The Balaban J connectivity index is 0. The molecule has 0 rings (SSSR count). The van der Waals surface area contributed by atoms with Gasteiger partial charge in [-0.3, -0.25) is 0 Å². The molecule has 0 bridgehead atoms. The van der Waals surface area contributed by atoms with Crippen LogP contribution in [-0.2, 0) is 10.1 Å². The Labute approximate surface area is 211 Å². The molecular weight excluding hydrogens is 387 g/mol. The van der Waals surface area contributed by atoms with Crippen LogP contribution in [0, 0.1) is 0 Å². The summed E-state index contributed by atoms with van der Waals surface area (Å²) < 4.78 is 32.3. The normalized spacial score (nSPS) is 13.9. The molecule has 0 aliphatic heterocycles. The maximum Gasteiger partial charge on any atom is 1.00 e. The molecule has 4 nitrogen and oxygen atoms in total. The molecule has 1 N–H and O–H groups in total. The number of hydrogen-bond acceptors (Lipinski definition) is 4. The molecule has 0 aliphatic rings. The number of aliphatic hydroxyl groups is 1. The van der Waals surface area contributed by atoms with Gasteiger partial charge in [0.1, 0.15) is 0 Å². The van der Waals surface area contributed by atoms with Gasteiger partial charge in [-0.05, 0) is 26.2 Å². The zero-order chi connectivity index (χ0) is 19.7. The van der Waals surface area contributed by atoms with Crippen molar-refractivity contribution in [2.24, 2.45) is 0 Å². The molecule has 0 aromatic heterocycles. The SMILES string of the molecule is CCCCCC(O)CCCCCCCCCCCCCC(C)S(=O)(=O)[O-].[K+]. The van der Waals surface area contributed by atoms with Crippen molar-refractivity contribution < 1.29 is 69.5 Å². The van der Waals surface area contributed by atoms with Crippen LogP contribution in [0.3, 0.4) is 0 Å². The van der Waals surface area contributed by atoms with Gasteiger partial charge in [-0.1, -0.05) is 96.8 Å². The van der Waals surface area contributed by atoms with Crippen LogP contribution in [0.4, 0.5) is 0 Å². The van der Waals surface area contributed by atoms with E-state index in [2.05, 4.69) is 6.92 Å². The first-order chi connectivity index (χ1) is 12.4. The van der Waals surface area contributed by atoms with Crippen molar-refractivity contribution in [3.8, 4) is 0 Å². The molecule has 0 radical (unpaired) electrons. The zero-order valence-corrected chi connectivity index (χ0v) is 22.2. The minimum atomic E-state index is -4.09. The second-order valence-corrected chi connectivity index (χ2v) is 9.71. The van der Waals surface area contributed by atoms with Crippen molar-refractivity contribution in [1.29, 1.82) is 0 Å². The topological polar surface area (TPSA) is 77.4 Å². The Morgan fingerprint density at radius 2 is 1.04 bits per heavy atom. The number of hydrogen-bond donors (Lipinski definition) is 1. The summed E-state index contributed by atoms with van der Waals surface area (Å²) in [5, 5.41) is 9.13. The van der Waals surface area contributed by atoms with Crippen molar-refractivity contribution in [3.05, 3.63) is 0 Å². The summed E-state index contributed by atoms with van der Waals surface area (Å²) in [6.07, 6.45) is 19.0. The second-order valence-electron chi connectivity index (χ2n) is 7.92. The fourth-order valence-electron chi connectivity index (χ4n) is 3.32. The van der Waals surface area contributed by atoms with Crippen molar-refractivity contribution in [2.75, 3.05) is 0 Å². The third kappa shape index (κ3) is 22.0. The molecule has 0 aromatic rings. The van der Waals surface area contributed by atoms with E-state index in [1.54, 1.807) is 0 Å². The maximum absolute atomic E-state index is 10.8. The molecule has 0 aliphatic carbocycles. The van der Waals surface area contributed by atoms with Crippen LogP contribution < -0.4 is 51.4 Å². The van der Waals surface area contributed by atoms with Gasteiger partial charge in [0.25, 0.3) is 0 Å². The van der Waals surface area contributed by atoms with Crippen molar-refractivity contribution >= 4 is 10.1 Å². The fourth-order valence-corrected chi connectivity index (χ4v) is 3.78. The third-order valence-electron chi connectivity index (χ3n) is 5.28. The first kappa shape index (κ1) is 30.7. The van der Waals surface area contributed by atoms with Gasteiger partial charge in [0, 0.05) is 5.25 Å². The van der Waals surface area contributed by atoms with Crippen LogP contribution in [-0.4, -0.2) is 29.4 Å². The first-order valence-corrected chi connectivity index (χ1v) is 12.5. The Kier molecular flexibility index (Phi) is 23.6. The van der Waals surface area contributed by atoms with Crippen molar-refractivity contribution in [2.45, 2.75) is 134 Å². The van der Waals surface area contributed by atoms with E-state index < -0.39 is 15.4 Å². The van der Waals surface area contributed by atoms with E-state index in [0.717, 1.165) is 44.9 Å². The predicted octanol–water partition coefficient (Wildman–Crippen LogP) is 2.94. The van der Waals surface area contributed by atoms with E-state index in [9.17, 15) is 18.1 Å². The Morgan fingerprint density at radius 1 is 0.704 bits per heavy atom. The van der Waals surface area contributed by atoms with Crippen molar-refractivity contribution in [3.63, 3.8) is 0 Å². The average Bonchev–Trinajstić information content (AvgIpc) is 2.58. The summed E-state index contributed by atoms with van der Waals surface area (Å²) in [7, 11) is -4.09. The van der Waals surface area contributed by atoms with Gasteiger partial charge in [-0.15, -0.1) is 0 Å². The second kappa shape index (κ2) is 20.8. The number of aliphatic hydroxyl groups excluding tert-OH is 1. The van der Waals surface area contributed by atoms with E-state index in [1.165, 1.54) is 64.7 Å². The van der Waals surface area contributed by atoms with Gasteiger partial charge in [0.2, 0.25) is 0 Å². The van der Waals surface area contributed by atoms with Gasteiger partial charge in [-0.25, -0.2) is 8.42 Å². The van der Waals surface area contributed by atoms with Crippen LogP contribution in [0.5, 0.6) is 0 Å². The van der Waals surface area contributed by atoms with E-state index in [1.807, 2.05) is 0 Å². The van der Waals surface area contributed by atoms with Gasteiger partial charge in [-0.2, -0.15) is 0 Å². The van der Waals surface area contributed by atoms with Crippen LogP contribution in [0.2, 0.25) is 0 Å². The molecule has 2 atom stereocenters. The summed E-state index contributed by atoms with van der Waals surface area (Å²) >= 11 is 0. The Morgan fingerprint density at radius 3 is 1.41 bits per heavy atom. The Bertz CT molecular complexity index is 401. The fraction of sp³-hybridized carbons (Fsp3) is 1.00. The molecule has 0 aromatic carbocycles. The minimum Gasteiger partial charge on any atom is -0.748 e. The van der Waals surface area contributed by atoms with Crippen LogP contribution in [0.15, 0.2) is 0 Å². The van der Waals surface area contributed by atoms with Crippen LogP contribution in [0.1, 0.15) is 123 Å². The zero-order valence-electron chi connectivity index (χ0n) is 18.3.